The van der Waals surface area contributed by atoms with E-state index in [1.54, 1.807) is 0 Å². The minimum Gasteiger partial charge on any atom is -0.186 e. The first kappa shape index (κ1) is 8.85. The first-order valence-electron chi connectivity index (χ1n) is 0.408. The van der Waals surface area contributed by atoms with Crippen molar-refractivity contribution in [2.24, 2.45) is 0 Å². The van der Waals surface area contributed by atoms with E-state index in [2.05, 4.69) is 0 Å². The number of carbonyl (C=O) groups excluding carboxylic acids is 2. The van der Waals surface area contributed by atoms with E-state index in [9.17, 15) is 0 Å². The second kappa shape index (κ2) is 9.13. The van der Waals surface area contributed by atoms with Crippen molar-refractivity contribution in [1.82, 2.24) is 0 Å². The molecule has 0 aliphatic carbocycles. The zero-order chi connectivity index (χ0) is 2.71. The molecule has 0 saturated heterocycles. The molecule has 0 bridgehead atoms. The standard InChI is InChI=1S/CO2.Kr/c2-1-3;. The van der Waals surface area contributed by atoms with Crippen molar-refractivity contribution in [1.29, 1.82) is 0 Å². The van der Waals surface area contributed by atoms with Crippen molar-refractivity contribution in [3.63, 3.8) is 0 Å². The molecule has 0 rings (SSSR count). The molecule has 2 nitrogen and oxygen atoms in total. The summed E-state index contributed by atoms with van der Waals surface area (Å²) in [6.45, 7) is 0. The summed E-state index contributed by atoms with van der Waals surface area (Å²) < 4.78 is 0. The van der Waals surface area contributed by atoms with Gasteiger partial charge in [-0.05, 0) is 0 Å². The first-order chi connectivity index (χ1) is 1.41. The minimum atomic E-state index is 0. The topological polar surface area (TPSA) is 34.1 Å². The third-order valence-corrected chi connectivity index (χ3v) is 0. The molecule has 0 aliphatic heterocycles. The Morgan fingerprint density at radius 3 is 1.25 bits per heavy atom. The predicted molar refractivity (Wildman–Crippen MR) is 5.01 cm³/mol. The van der Waals surface area contributed by atoms with Crippen LogP contribution in [0.3, 0.4) is 0 Å². The summed E-state index contributed by atoms with van der Waals surface area (Å²) in [5, 5.41) is 0. The number of hydrogen-bond acceptors (Lipinski definition) is 2. The molecule has 0 fully saturated rings. The maximum atomic E-state index is 8.12. The molecule has 0 saturated carbocycles. The molecule has 0 heterocycles. The van der Waals surface area contributed by atoms with Crippen molar-refractivity contribution in [3.8, 4) is 0 Å². The van der Waals surface area contributed by atoms with Gasteiger partial charge >= 0.3 is 6.15 Å². The van der Waals surface area contributed by atoms with Gasteiger partial charge in [0.15, 0.2) is 0 Å². The second-order valence-corrected chi connectivity index (χ2v) is 0.0833. The van der Waals surface area contributed by atoms with Gasteiger partial charge in [-0.25, -0.2) is 0 Å². The summed E-state index contributed by atoms with van der Waals surface area (Å²) in [4.78, 5) is 16.2. The molecule has 0 aromatic heterocycles. The van der Waals surface area contributed by atoms with E-state index < -0.39 is 0 Å². The van der Waals surface area contributed by atoms with Crippen molar-refractivity contribution >= 4 is 6.15 Å². The van der Waals surface area contributed by atoms with Gasteiger partial charge in [0.2, 0.25) is 0 Å². The van der Waals surface area contributed by atoms with Crippen LogP contribution in [0.15, 0.2) is 0 Å². The molecule has 0 aliphatic rings. The number of rotatable bonds is 0. The third kappa shape index (κ3) is 13.4. The smallest absolute Gasteiger partial charge is 0.186 e. The summed E-state index contributed by atoms with van der Waals surface area (Å²) in [5.41, 5.74) is 0. The Hall–Kier alpha value is 0.861. The van der Waals surface area contributed by atoms with E-state index in [1.807, 2.05) is 0 Å². The van der Waals surface area contributed by atoms with Crippen LogP contribution in [-0.4, -0.2) is 6.15 Å². The fourth-order valence-corrected chi connectivity index (χ4v) is 0. The van der Waals surface area contributed by atoms with Crippen LogP contribution < -0.4 is 0 Å². The van der Waals surface area contributed by atoms with Gasteiger partial charge in [0.05, 0.1) is 0 Å². The summed E-state index contributed by atoms with van der Waals surface area (Å²) in [6.07, 6.45) is 0.250. The van der Waals surface area contributed by atoms with Gasteiger partial charge in [0.1, 0.15) is 0 Å². The largest absolute Gasteiger partial charge is 0.373 e. The van der Waals surface area contributed by atoms with Crippen molar-refractivity contribution < 1.29 is 55.1 Å². The quantitative estimate of drug-likeness (QED) is 0.437. The van der Waals surface area contributed by atoms with Gasteiger partial charge in [-0.3, -0.25) is 0 Å². The Kier molecular flexibility index (Phi) is 20.2. The summed E-state index contributed by atoms with van der Waals surface area (Å²) in [6, 6.07) is 0. The first-order valence-corrected chi connectivity index (χ1v) is 0.408. The fraction of sp³-hybridized carbons (Fsp3) is 0. The van der Waals surface area contributed by atoms with Crippen LogP contribution >= 0.6 is 0 Å². The molecule has 0 aromatic rings. The summed E-state index contributed by atoms with van der Waals surface area (Å²) >= 11 is 0. The van der Waals surface area contributed by atoms with Crippen molar-refractivity contribution in [2.75, 3.05) is 0 Å². The molecule has 0 unspecified atom stereocenters. The fourth-order valence-electron chi connectivity index (χ4n) is 0. The van der Waals surface area contributed by atoms with Crippen LogP contribution in [0.25, 0.3) is 0 Å². The van der Waals surface area contributed by atoms with E-state index in [-0.39, 0.29) is 51.6 Å². The maximum absolute atomic E-state index is 8.12. The van der Waals surface area contributed by atoms with Crippen LogP contribution in [0.1, 0.15) is 0 Å². The van der Waals surface area contributed by atoms with Gasteiger partial charge in [0, 0.05) is 45.5 Å². The molecule has 4 heavy (non-hydrogen) atoms. The van der Waals surface area contributed by atoms with E-state index in [0.29, 0.717) is 0 Å². The van der Waals surface area contributed by atoms with Gasteiger partial charge in [-0.15, -0.1) is 0 Å². The minimum absolute atomic E-state index is 0. The monoisotopic (exact) mass is 128 g/mol. The second-order valence-electron chi connectivity index (χ2n) is 0.0833. The van der Waals surface area contributed by atoms with Crippen LogP contribution in [0, 0.1) is 45.5 Å². The van der Waals surface area contributed by atoms with Crippen LogP contribution in [0.5, 0.6) is 0 Å². The predicted octanol–water partition coefficient (Wildman–Crippen LogP) is -0.584. The average Bonchev–Trinajstić information content (AvgIpc) is 0.918. The van der Waals surface area contributed by atoms with Crippen molar-refractivity contribution in [3.05, 3.63) is 0 Å². The maximum Gasteiger partial charge on any atom is 0.373 e. The zero-order valence-corrected chi connectivity index (χ0v) is 3.15. The molecule has 3 heteroatoms. The molecular weight excluding hydrogens is 128 g/mol. The normalized spacial score (nSPS) is 2.00. The number of hydrogen-bond donors (Lipinski definition) is 0. The third-order valence-electron chi connectivity index (χ3n) is 0. The SMILES string of the molecule is O=C=O.[Kr]. The van der Waals surface area contributed by atoms with Crippen LogP contribution in [-0.2, 0) is 9.59 Å². The molecule has 0 atom stereocenters. The molecule has 0 aromatic carbocycles. The Morgan fingerprint density at radius 1 is 1.25 bits per heavy atom. The average molecular weight is 128 g/mol. The van der Waals surface area contributed by atoms with E-state index in [1.165, 1.54) is 0 Å². The summed E-state index contributed by atoms with van der Waals surface area (Å²) in [5.74, 6) is 0. The van der Waals surface area contributed by atoms with Gasteiger partial charge in [-0.1, -0.05) is 0 Å². The van der Waals surface area contributed by atoms with Crippen LogP contribution in [0.4, 0.5) is 0 Å². The van der Waals surface area contributed by atoms with Gasteiger partial charge in [0.25, 0.3) is 0 Å². The molecule has 0 amide bonds. The summed E-state index contributed by atoms with van der Waals surface area (Å²) in [7, 11) is 0. The van der Waals surface area contributed by atoms with E-state index in [0.717, 1.165) is 0 Å². The molecule has 0 N–H and O–H groups in total. The molecule has 0 spiro atoms. The molecule has 0 radical (unpaired) electrons. The van der Waals surface area contributed by atoms with E-state index in [4.69, 9.17) is 9.59 Å². The Bertz CT molecular complexity index is 27.0. The van der Waals surface area contributed by atoms with Crippen molar-refractivity contribution in [2.45, 2.75) is 0 Å². The molecular formula is CKrO2. The van der Waals surface area contributed by atoms with Crippen LogP contribution in [0.2, 0.25) is 0 Å². The Labute approximate surface area is 60.5 Å². The Balaban J connectivity index is 0. The molecule has 24 valence electrons. The Morgan fingerprint density at radius 2 is 1.25 bits per heavy atom. The van der Waals surface area contributed by atoms with E-state index >= 15 is 0 Å². The van der Waals surface area contributed by atoms with Gasteiger partial charge in [-0.2, -0.15) is 9.59 Å². The zero-order valence-electron chi connectivity index (χ0n) is 1.67. The van der Waals surface area contributed by atoms with Gasteiger partial charge < -0.3 is 0 Å².